The van der Waals surface area contributed by atoms with E-state index >= 15 is 0 Å². The summed E-state index contributed by atoms with van der Waals surface area (Å²) in [4.78, 5) is 11.9. The Labute approximate surface area is 168 Å². The molecule has 0 aliphatic carbocycles. The minimum absolute atomic E-state index is 0.0648. The van der Waals surface area contributed by atoms with Crippen LogP contribution in [-0.2, 0) is 14.8 Å². The zero-order chi connectivity index (χ0) is 19.9. The highest BCUT2D eigenvalue weighted by atomic mass is 35.5. The molecule has 2 aromatic rings. The van der Waals surface area contributed by atoms with Gasteiger partial charge in [0.1, 0.15) is 4.90 Å². The van der Waals surface area contributed by atoms with E-state index in [0.29, 0.717) is 31.0 Å². The molecule has 146 valence electrons. The van der Waals surface area contributed by atoms with Crippen molar-refractivity contribution in [2.45, 2.75) is 18.2 Å². The lowest BCUT2D eigenvalue weighted by Gasteiger charge is -2.11. The molecule has 2 N–H and O–H groups in total. The number of nitrogens with one attached hydrogen (secondary N) is 2. The lowest BCUT2D eigenvalue weighted by molar-refractivity contribution is 0.0944. The molecule has 0 radical (unpaired) electrons. The van der Waals surface area contributed by atoms with E-state index in [9.17, 15) is 13.2 Å². The molecule has 0 aliphatic heterocycles. The van der Waals surface area contributed by atoms with Gasteiger partial charge in [-0.1, -0.05) is 23.2 Å². The Morgan fingerprint density at radius 2 is 1.81 bits per heavy atom. The molecule has 27 heavy (non-hydrogen) atoms. The topological polar surface area (TPSA) is 84.5 Å². The molecule has 0 fully saturated rings. The van der Waals surface area contributed by atoms with Gasteiger partial charge in [-0.25, -0.2) is 8.42 Å². The number of anilines is 1. The molecule has 6 nitrogen and oxygen atoms in total. The second-order valence-corrected chi connectivity index (χ2v) is 8.06. The monoisotopic (exact) mass is 430 g/mol. The average Bonchev–Trinajstić information content (AvgIpc) is 2.63. The minimum atomic E-state index is -3.90. The molecule has 2 rings (SSSR count). The summed E-state index contributed by atoms with van der Waals surface area (Å²) in [5, 5.41) is 3.10. The zero-order valence-corrected chi connectivity index (χ0v) is 17.0. The quantitative estimate of drug-likeness (QED) is 0.589. The van der Waals surface area contributed by atoms with E-state index in [1.54, 1.807) is 0 Å². The number of sulfonamides is 1. The number of halogens is 2. The highest BCUT2D eigenvalue weighted by Gasteiger charge is 2.18. The summed E-state index contributed by atoms with van der Waals surface area (Å²) in [6.07, 6.45) is 0.720. The van der Waals surface area contributed by atoms with Gasteiger partial charge in [-0.05, 0) is 55.8 Å². The Bertz CT molecular complexity index is 887. The summed E-state index contributed by atoms with van der Waals surface area (Å²) in [5.41, 5.74) is 0.731. The lowest BCUT2D eigenvalue weighted by atomic mass is 10.2. The van der Waals surface area contributed by atoms with Gasteiger partial charge in [-0.2, -0.15) is 0 Å². The van der Waals surface area contributed by atoms with Crippen LogP contribution in [0.1, 0.15) is 23.7 Å². The van der Waals surface area contributed by atoms with E-state index < -0.39 is 10.0 Å². The zero-order valence-electron chi connectivity index (χ0n) is 14.7. The molecule has 1 amide bonds. The van der Waals surface area contributed by atoms with Gasteiger partial charge < -0.3 is 10.1 Å². The maximum atomic E-state index is 12.5. The van der Waals surface area contributed by atoms with Crippen molar-refractivity contribution in [3.8, 4) is 0 Å². The molecular weight excluding hydrogens is 411 g/mol. The molecule has 0 bridgehead atoms. The van der Waals surface area contributed by atoms with Crippen LogP contribution in [0.2, 0.25) is 10.0 Å². The van der Waals surface area contributed by atoms with Gasteiger partial charge in [0.15, 0.2) is 0 Å². The molecule has 0 aliphatic rings. The maximum absolute atomic E-state index is 12.5. The third-order valence-electron chi connectivity index (χ3n) is 3.54. The fourth-order valence-corrected chi connectivity index (χ4v) is 4.03. The van der Waals surface area contributed by atoms with Gasteiger partial charge in [0, 0.05) is 36.0 Å². The van der Waals surface area contributed by atoms with Crippen molar-refractivity contribution in [1.29, 1.82) is 0 Å². The van der Waals surface area contributed by atoms with Crippen LogP contribution in [0.4, 0.5) is 5.69 Å². The Morgan fingerprint density at radius 1 is 1.11 bits per heavy atom. The number of hydrogen-bond acceptors (Lipinski definition) is 4. The number of carbonyl (C=O) groups excluding carboxylic acids is 1. The largest absolute Gasteiger partial charge is 0.382 e. The second kappa shape index (κ2) is 9.94. The highest BCUT2D eigenvalue weighted by Crippen LogP contribution is 2.26. The summed E-state index contributed by atoms with van der Waals surface area (Å²) < 4.78 is 32.6. The van der Waals surface area contributed by atoms with Crippen LogP contribution in [-0.4, -0.2) is 34.1 Å². The third-order valence-corrected chi connectivity index (χ3v) is 5.64. The number of carbonyl (C=O) groups is 1. The van der Waals surface area contributed by atoms with Crippen molar-refractivity contribution in [2.75, 3.05) is 24.5 Å². The molecule has 0 aromatic heterocycles. The van der Waals surface area contributed by atoms with Crippen molar-refractivity contribution in [2.24, 2.45) is 0 Å². The summed E-state index contributed by atoms with van der Waals surface area (Å²) >= 11 is 11.8. The number of benzene rings is 2. The number of amides is 1. The van der Waals surface area contributed by atoms with Crippen molar-refractivity contribution >= 4 is 44.8 Å². The first-order valence-electron chi connectivity index (χ1n) is 8.27. The first kappa shape index (κ1) is 21.5. The molecule has 0 heterocycles. The Hall–Kier alpha value is -1.80. The first-order valence-corrected chi connectivity index (χ1v) is 10.5. The van der Waals surface area contributed by atoms with E-state index in [0.717, 1.165) is 6.42 Å². The van der Waals surface area contributed by atoms with E-state index in [1.807, 2.05) is 6.92 Å². The van der Waals surface area contributed by atoms with Gasteiger partial charge in [0.2, 0.25) is 0 Å². The normalized spacial score (nSPS) is 11.2. The SMILES string of the molecule is CCOCCCNC(=O)c1ccc(NS(=O)(=O)c2cc(Cl)ccc2Cl)cc1. The third kappa shape index (κ3) is 6.39. The van der Waals surface area contributed by atoms with Crippen molar-refractivity contribution in [1.82, 2.24) is 5.32 Å². The standard InChI is InChI=1S/C18H20Cl2N2O4S/c1-2-26-11-3-10-21-18(23)13-4-7-15(8-5-13)22-27(24,25)17-12-14(19)6-9-16(17)20/h4-9,12,22H,2-3,10-11H2,1H3,(H,21,23). The molecule has 0 unspecified atom stereocenters. The number of ether oxygens (including phenoxy) is 1. The fourth-order valence-electron chi connectivity index (χ4n) is 2.21. The second-order valence-electron chi connectivity index (χ2n) is 5.56. The van der Waals surface area contributed by atoms with Crippen LogP contribution < -0.4 is 10.0 Å². The van der Waals surface area contributed by atoms with Gasteiger partial charge in [-0.15, -0.1) is 0 Å². The van der Waals surface area contributed by atoms with E-state index in [1.165, 1.54) is 42.5 Å². The maximum Gasteiger partial charge on any atom is 0.263 e. The number of rotatable bonds is 9. The molecule has 9 heteroatoms. The van der Waals surface area contributed by atoms with Gasteiger partial charge in [-0.3, -0.25) is 9.52 Å². The predicted molar refractivity (Wildman–Crippen MR) is 107 cm³/mol. The van der Waals surface area contributed by atoms with Crippen molar-refractivity contribution in [3.63, 3.8) is 0 Å². The van der Waals surface area contributed by atoms with E-state index in [4.69, 9.17) is 27.9 Å². The summed E-state index contributed by atoms with van der Waals surface area (Å²) in [6, 6.07) is 10.3. The molecule has 0 atom stereocenters. The number of hydrogen-bond donors (Lipinski definition) is 2. The Balaban J connectivity index is 2.00. The van der Waals surface area contributed by atoms with E-state index in [2.05, 4.69) is 10.0 Å². The van der Waals surface area contributed by atoms with Crippen LogP contribution in [0.5, 0.6) is 0 Å². The average molecular weight is 431 g/mol. The highest BCUT2D eigenvalue weighted by molar-refractivity contribution is 7.92. The van der Waals surface area contributed by atoms with Crippen molar-refractivity contribution < 1.29 is 17.9 Å². The van der Waals surface area contributed by atoms with Gasteiger partial charge in [0.05, 0.1) is 5.02 Å². The molecular formula is C18H20Cl2N2O4S. The summed E-state index contributed by atoms with van der Waals surface area (Å²) in [5.74, 6) is -0.237. The molecule has 0 saturated heterocycles. The van der Waals surface area contributed by atoms with Gasteiger partial charge in [0.25, 0.3) is 15.9 Å². The fraction of sp³-hybridized carbons (Fsp3) is 0.278. The molecule has 0 spiro atoms. The van der Waals surface area contributed by atoms with Crippen LogP contribution in [0.15, 0.2) is 47.4 Å². The lowest BCUT2D eigenvalue weighted by Crippen LogP contribution is -2.25. The predicted octanol–water partition coefficient (Wildman–Crippen LogP) is 3.95. The summed E-state index contributed by atoms with van der Waals surface area (Å²) in [7, 11) is -3.90. The molecule has 2 aromatic carbocycles. The summed E-state index contributed by atoms with van der Waals surface area (Å²) in [6.45, 7) is 3.64. The van der Waals surface area contributed by atoms with Gasteiger partial charge >= 0.3 is 0 Å². The Kier molecular flexibility index (Phi) is 7.91. The van der Waals surface area contributed by atoms with Crippen LogP contribution in [0, 0.1) is 0 Å². The minimum Gasteiger partial charge on any atom is -0.382 e. The van der Waals surface area contributed by atoms with Crippen molar-refractivity contribution in [3.05, 3.63) is 58.1 Å². The molecule has 0 saturated carbocycles. The van der Waals surface area contributed by atoms with Crippen LogP contribution >= 0.6 is 23.2 Å². The smallest absolute Gasteiger partial charge is 0.263 e. The first-order chi connectivity index (χ1) is 12.8. The van der Waals surface area contributed by atoms with Crippen LogP contribution in [0.3, 0.4) is 0 Å². The van der Waals surface area contributed by atoms with Crippen LogP contribution in [0.25, 0.3) is 0 Å². The van der Waals surface area contributed by atoms with E-state index in [-0.39, 0.29) is 20.8 Å². The Morgan fingerprint density at radius 3 is 2.48 bits per heavy atom.